The van der Waals surface area contributed by atoms with Crippen molar-refractivity contribution >= 4 is 60.8 Å². The number of thiocarbonyl (C=S) groups is 1. The number of hydrogen-bond donors (Lipinski definition) is 2. The molecule has 2 aromatic rings. The molecule has 0 heterocycles. The number of rotatable bonds is 6. The van der Waals surface area contributed by atoms with E-state index in [1.807, 2.05) is 24.3 Å². The molecule has 0 unspecified atom stereocenters. The molecule has 25 heavy (non-hydrogen) atoms. The molecule has 0 aliphatic carbocycles. The number of carbonyl (C=O) groups excluding carboxylic acids is 1. The van der Waals surface area contributed by atoms with E-state index in [0.29, 0.717) is 29.0 Å². The summed E-state index contributed by atoms with van der Waals surface area (Å²) in [6.45, 7) is 0.923. The average Bonchev–Trinajstić information content (AvgIpc) is 2.58. The minimum Gasteiger partial charge on any atom is -0.490 e. The summed E-state index contributed by atoms with van der Waals surface area (Å²) < 4.78 is 12.1. The maximum Gasteiger partial charge on any atom is 0.257 e. The summed E-state index contributed by atoms with van der Waals surface area (Å²) in [5.41, 5.74) is 1.25. The standard InChI is InChI=1S/C17H16Br2N2O3S/c1-23-8-9-24-15-7-2-11(10-14(15)19)16(22)21-17(25)20-13-5-3-12(18)4-6-13/h2-7,10H,8-9H2,1H3,(H2,20,21,22,25). The fourth-order valence-corrected chi connectivity index (χ4v) is 2.83. The minimum absolute atomic E-state index is 0.226. The molecule has 0 fully saturated rings. The van der Waals surface area contributed by atoms with Gasteiger partial charge < -0.3 is 14.8 Å². The van der Waals surface area contributed by atoms with Crippen molar-refractivity contribution in [1.29, 1.82) is 0 Å². The predicted octanol–water partition coefficient (Wildman–Crippen LogP) is 4.36. The van der Waals surface area contributed by atoms with Gasteiger partial charge in [0, 0.05) is 22.8 Å². The lowest BCUT2D eigenvalue weighted by Crippen LogP contribution is -2.34. The molecule has 2 rings (SSSR count). The molecule has 2 aromatic carbocycles. The Labute approximate surface area is 168 Å². The lowest BCUT2D eigenvalue weighted by Gasteiger charge is -2.11. The molecule has 132 valence electrons. The molecule has 8 heteroatoms. The molecule has 0 aliphatic heterocycles. The molecule has 0 saturated carbocycles. The summed E-state index contributed by atoms with van der Waals surface area (Å²) in [7, 11) is 1.61. The Hall–Kier alpha value is -1.48. The van der Waals surface area contributed by atoms with Crippen molar-refractivity contribution < 1.29 is 14.3 Å². The van der Waals surface area contributed by atoms with E-state index < -0.39 is 0 Å². The summed E-state index contributed by atoms with van der Waals surface area (Å²) in [6.07, 6.45) is 0. The molecule has 0 atom stereocenters. The lowest BCUT2D eigenvalue weighted by molar-refractivity contribution is 0.0977. The first-order valence-electron chi connectivity index (χ1n) is 7.29. The van der Waals surface area contributed by atoms with Gasteiger partial charge in [-0.1, -0.05) is 15.9 Å². The van der Waals surface area contributed by atoms with Crippen LogP contribution in [0.1, 0.15) is 10.4 Å². The smallest absolute Gasteiger partial charge is 0.257 e. The van der Waals surface area contributed by atoms with Crippen LogP contribution >= 0.6 is 44.1 Å². The third-order valence-electron chi connectivity index (χ3n) is 3.07. The molecule has 1 amide bonds. The number of amides is 1. The summed E-state index contributed by atoms with van der Waals surface area (Å²) in [5.74, 6) is 0.336. The van der Waals surface area contributed by atoms with Crippen LogP contribution < -0.4 is 15.4 Å². The second kappa shape index (κ2) is 9.86. The molecule has 0 aliphatic rings. The molecule has 0 saturated heterocycles. The van der Waals surface area contributed by atoms with E-state index in [4.69, 9.17) is 21.7 Å². The van der Waals surface area contributed by atoms with Crippen molar-refractivity contribution in [3.63, 3.8) is 0 Å². The van der Waals surface area contributed by atoms with Crippen LogP contribution in [-0.2, 0) is 4.74 Å². The Morgan fingerprint density at radius 1 is 1.12 bits per heavy atom. The molecule has 0 bridgehead atoms. The van der Waals surface area contributed by atoms with Crippen molar-refractivity contribution in [1.82, 2.24) is 5.32 Å². The van der Waals surface area contributed by atoms with Crippen molar-refractivity contribution in [2.45, 2.75) is 0 Å². The normalized spacial score (nSPS) is 10.2. The first-order chi connectivity index (χ1) is 12.0. The zero-order valence-electron chi connectivity index (χ0n) is 13.3. The number of anilines is 1. The van der Waals surface area contributed by atoms with Crippen LogP contribution in [-0.4, -0.2) is 31.3 Å². The van der Waals surface area contributed by atoms with Gasteiger partial charge in [-0.2, -0.15) is 0 Å². The third-order valence-corrected chi connectivity index (χ3v) is 4.42. The van der Waals surface area contributed by atoms with Gasteiger partial charge in [-0.3, -0.25) is 10.1 Å². The first-order valence-corrected chi connectivity index (χ1v) is 9.28. The van der Waals surface area contributed by atoms with Gasteiger partial charge in [-0.25, -0.2) is 0 Å². The topological polar surface area (TPSA) is 59.6 Å². The van der Waals surface area contributed by atoms with Crippen LogP contribution in [0.4, 0.5) is 5.69 Å². The van der Waals surface area contributed by atoms with E-state index in [-0.39, 0.29) is 11.0 Å². The number of hydrogen-bond acceptors (Lipinski definition) is 4. The second-order valence-electron chi connectivity index (χ2n) is 4.90. The van der Waals surface area contributed by atoms with Crippen molar-refractivity contribution in [2.75, 3.05) is 25.6 Å². The van der Waals surface area contributed by atoms with Crippen LogP contribution in [0, 0.1) is 0 Å². The van der Waals surface area contributed by atoms with Gasteiger partial charge in [0.25, 0.3) is 5.91 Å². The number of halogens is 2. The van der Waals surface area contributed by atoms with E-state index in [9.17, 15) is 4.79 Å². The highest BCUT2D eigenvalue weighted by atomic mass is 79.9. The van der Waals surface area contributed by atoms with E-state index in [1.165, 1.54) is 0 Å². The maximum atomic E-state index is 12.3. The Bertz CT molecular complexity index is 754. The Morgan fingerprint density at radius 3 is 2.48 bits per heavy atom. The number of ether oxygens (including phenoxy) is 2. The van der Waals surface area contributed by atoms with Crippen LogP contribution in [0.25, 0.3) is 0 Å². The number of benzene rings is 2. The fraction of sp³-hybridized carbons (Fsp3) is 0.176. The monoisotopic (exact) mass is 486 g/mol. The molecule has 0 aromatic heterocycles. The van der Waals surface area contributed by atoms with Gasteiger partial charge in [0.05, 0.1) is 11.1 Å². The SMILES string of the molecule is COCCOc1ccc(C(=O)NC(=S)Nc2ccc(Br)cc2)cc1Br. The van der Waals surface area contributed by atoms with E-state index in [0.717, 1.165) is 10.2 Å². The summed E-state index contributed by atoms with van der Waals surface area (Å²) in [5, 5.41) is 5.83. The zero-order valence-corrected chi connectivity index (χ0v) is 17.3. The summed E-state index contributed by atoms with van der Waals surface area (Å²) in [4.78, 5) is 12.3. The van der Waals surface area contributed by atoms with E-state index in [2.05, 4.69) is 42.5 Å². The molecule has 2 N–H and O–H groups in total. The van der Waals surface area contributed by atoms with Crippen LogP contribution in [0.2, 0.25) is 0 Å². The lowest BCUT2D eigenvalue weighted by atomic mass is 10.2. The fourth-order valence-electron chi connectivity index (χ4n) is 1.86. The molecular weight excluding hydrogens is 472 g/mol. The van der Waals surface area contributed by atoms with Crippen molar-refractivity contribution in [3.05, 3.63) is 57.0 Å². The number of carbonyl (C=O) groups is 1. The van der Waals surface area contributed by atoms with Crippen LogP contribution in [0.5, 0.6) is 5.75 Å². The highest BCUT2D eigenvalue weighted by molar-refractivity contribution is 9.10. The average molecular weight is 488 g/mol. The Balaban J connectivity index is 1.94. The van der Waals surface area contributed by atoms with E-state index >= 15 is 0 Å². The quantitative estimate of drug-likeness (QED) is 0.468. The minimum atomic E-state index is -0.307. The summed E-state index contributed by atoms with van der Waals surface area (Å²) >= 11 is 11.9. The highest BCUT2D eigenvalue weighted by Gasteiger charge is 2.11. The number of methoxy groups -OCH3 is 1. The molecule has 0 radical (unpaired) electrons. The first kappa shape index (κ1) is 19.8. The Morgan fingerprint density at radius 2 is 1.84 bits per heavy atom. The molecule has 0 spiro atoms. The van der Waals surface area contributed by atoms with Crippen molar-refractivity contribution in [2.24, 2.45) is 0 Å². The van der Waals surface area contributed by atoms with Gasteiger partial charge in [0.1, 0.15) is 12.4 Å². The predicted molar refractivity (Wildman–Crippen MR) is 109 cm³/mol. The van der Waals surface area contributed by atoms with Crippen LogP contribution in [0.3, 0.4) is 0 Å². The van der Waals surface area contributed by atoms with Gasteiger partial charge in [-0.15, -0.1) is 0 Å². The Kier molecular flexibility index (Phi) is 7.83. The van der Waals surface area contributed by atoms with E-state index in [1.54, 1.807) is 25.3 Å². The largest absolute Gasteiger partial charge is 0.490 e. The van der Waals surface area contributed by atoms with Gasteiger partial charge in [0.2, 0.25) is 0 Å². The number of nitrogens with one attached hydrogen (secondary N) is 2. The molecule has 5 nitrogen and oxygen atoms in total. The maximum absolute atomic E-state index is 12.3. The van der Waals surface area contributed by atoms with Crippen molar-refractivity contribution in [3.8, 4) is 5.75 Å². The van der Waals surface area contributed by atoms with Gasteiger partial charge >= 0.3 is 0 Å². The highest BCUT2D eigenvalue weighted by Crippen LogP contribution is 2.26. The van der Waals surface area contributed by atoms with Crippen LogP contribution in [0.15, 0.2) is 51.4 Å². The zero-order chi connectivity index (χ0) is 18.2. The third kappa shape index (κ3) is 6.39. The van der Waals surface area contributed by atoms with Gasteiger partial charge in [0.15, 0.2) is 5.11 Å². The molecular formula is C17H16Br2N2O3S. The second-order valence-corrected chi connectivity index (χ2v) is 7.08. The van der Waals surface area contributed by atoms with Gasteiger partial charge in [-0.05, 0) is 70.6 Å². The summed E-state index contributed by atoms with van der Waals surface area (Å²) in [6, 6.07) is 12.5.